The molecular formula is C15H30N2O3S. The number of nitrogens with one attached hydrogen (secondary N) is 2. The molecule has 0 spiro atoms. The summed E-state index contributed by atoms with van der Waals surface area (Å²) < 4.78 is 0. The summed E-state index contributed by atoms with van der Waals surface area (Å²) in [7, 11) is 0. The number of carboxylic acid groups (broad SMARTS) is 1. The number of urea groups is 1. The van der Waals surface area contributed by atoms with E-state index in [2.05, 4.69) is 31.4 Å². The quantitative estimate of drug-likeness (QED) is 0.512. The van der Waals surface area contributed by atoms with Crippen molar-refractivity contribution in [2.75, 3.05) is 18.6 Å². The van der Waals surface area contributed by atoms with Gasteiger partial charge in [-0.05, 0) is 30.3 Å². The van der Waals surface area contributed by atoms with Gasteiger partial charge in [-0.25, -0.2) is 9.59 Å². The Kier molecular flexibility index (Phi) is 10.3. The number of carboxylic acids is 1. The maximum Gasteiger partial charge on any atom is 0.326 e. The first kappa shape index (κ1) is 20.1. The van der Waals surface area contributed by atoms with E-state index in [1.807, 2.05) is 6.26 Å². The zero-order valence-corrected chi connectivity index (χ0v) is 14.5. The van der Waals surface area contributed by atoms with Crippen molar-refractivity contribution < 1.29 is 14.7 Å². The minimum atomic E-state index is -0.985. The molecule has 0 fully saturated rings. The molecule has 1 atom stereocenters. The molecule has 21 heavy (non-hydrogen) atoms. The Morgan fingerprint density at radius 3 is 2.48 bits per heavy atom. The topological polar surface area (TPSA) is 78.4 Å². The SMILES string of the molecule is CCCCCC(C)(C)CNC(=O)NC(CCSC)C(=O)O. The lowest BCUT2D eigenvalue weighted by Crippen LogP contribution is -2.48. The Balaban J connectivity index is 4.13. The van der Waals surface area contributed by atoms with E-state index in [1.54, 1.807) is 11.8 Å². The van der Waals surface area contributed by atoms with Gasteiger partial charge < -0.3 is 15.7 Å². The molecule has 0 bridgehead atoms. The molecule has 2 amide bonds. The van der Waals surface area contributed by atoms with E-state index in [0.29, 0.717) is 18.7 Å². The highest BCUT2D eigenvalue weighted by molar-refractivity contribution is 7.98. The van der Waals surface area contributed by atoms with Gasteiger partial charge in [0.05, 0.1) is 0 Å². The first-order valence-corrected chi connectivity index (χ1v) is 8.98. The number of aliphatic carboxylic acids is 1. The first-order valence-electron chi connectivity index (χ1n) is 7.58. The Morgan fingerprint density at radius 1 is 1.29 bits per heavy atom. The maximum atomic E-state index is 11.8. The van der Waals surface area contributed by atoms with Crippen LogP contribution in [0.3, 0.4) is 0 Å². The van der Waals surface area contributed by atoms with Crippen molar-refractivity contribution in [1.29, 1.82) is 0 Å². The molecule has 0 aromatic heterocycles. The van der Waals surface area contributed by atoms with E-state index in [4.69, 9.17) is 5.11 Å². The summed E-state index contributed by atoms with van der Waals surface area (Å²) in [4.78, 5) is 22.9. The average Bonchev–Trinajstić information content (AvgIpc) is 2.41. The molecule has 0 saturated heterocycles. The third-order valence-corrected chi connectivity index (χ3v) is 4.04. The highest BCUT2D eigenvalue weighted by atomic mass is 32.2. The van der Waals surface area contributed by atoms with Gasteiger partial charge in [0.15, 0.2) is 0 Å². The van der Waals surface area contributed by atoms with E-state index in [1.165, 1.54) is 12.8 Å². The standard InChI is InChI=1S/C15H30N2O3S/c1-5-6-7-9-15(2,3)11-16-14(20)17-12(13(18)19)8-10-21-4/h12H,5-11H2,1-4H3,(H,18,19)(H2,16,17,20). The molecule has 0 aliphatic rings. The van der Waals surface area contributed by atoms with Crippen molar-refractivity contribution >= 4 is 23.8 Å². The normalized spacial score (nSPS) is 12.8. The molecule has 0 aliphatic carbocycles. The zero-order chi connectivity index (χ0) is 16.3. The van der Waals surface area contributed by atoms with E-state index < -0.39 is 18.0 Å². The molecular weight excluding hydrogens is 288 g/mol. The van der Waals surface area contributed by atoms with Gasteiger partial charge in [-0.3, -0.25) is 0 Å². The smallest absolute Gasteiger partial charge is 0.326 e. The zero-order valence-electron chi connectivity index (χ0n) is 13.7. The second-order valence-electron chi connectivity index (χ2n) is 6.12. The summed E-state index contributed by atoms with van der Waals surface area (Å²) in [6.45, 7) is 6.95. The third-order valence-electron chi connectivity index (χ3n) is 3.40. The number of amides is 2. The van der Waals surface area contributed by atoms with Gasteiger partial charge in [-0.15, -0.1) is 0 Å². The number of unbranched alkanes of at least 4 members (excludes halogenated alkanes) is 2. The van der Waals surface area contributed by atoms with Gasteiger partial charge in [0, 0.05) is 6.54 Å². The van der Waals surface area contributed by atoms with Crippen LogP contribution >= 0.6 is 11.8 Å². The van der Waals surface area contributed by atoms with Crippen LogP contribution in [0.4, 0.5) is 4.79 Å². The Labute approximate surface area is 132 Å². The number of hydrogen-bond acceptors (Lipinski definition) is 3. The summed E-state index contributed by atoms with van der Waals surface area (Å²) in [5.74, 6) is -0.277. The lowest BCUT2D eigenvalue weighted by atomic mass is 9.87. The van der Waals surface area contributed by atoms with Crippen LogP contribution in [-0.4, -0.2) is 41.7 Å². The first-order chi connectivity index (χ1) is 9.82. The predicted octanol–water partition coefficient (Wildman–Crippen LogP) is 3.10. The highest BCUT2D eigenvalue weighted by Crippen LogP contribution is 2.22. The Hall–Kier alpha value is -0.910. The van der Waals surface area contributed by atoms with Gasteiger partial charge >= 0.3 is 12.0 Å². The number of rotatable bonds is 11. The molecule has 1 unspecified atom stereocenters. The number of thioether (sulfide) groups is 1. The van der Waals surface area contributed by atoms with Crippen molar-refractivity contribution in [2.45, 2.75) is 58.9 Å². The maximum absolute atomic E-state index is 11.8. The lowest BCUT2D eigenvalue weighted by molar-refractivity contribution is -0.139. The molecule has 0 saturated carbocycles. The van der Waals surface area contributed by atoms with Crippen molar-refractivity contribution in [2.24, 2.45) is 5.41 Å². The van der Waals surface area contributed by atoms with Crippen LogP contribution < -0.4 is 10.6 Å². The Morgan fingerprint density at radius 2 is 1.95 bits per heavy atom. The number of carbonyl (C=O) groups is 2. The second kappa shape index (κ2) is 10.8. The molecule has 0 aliphatic heterocycles. The summed E-state index contributed by atoms with van der Waals surface area (Å²) in [5.41, 5.74) is 0.0322. The van der Waals surface area contributed by atoms with Crippen molar-refractivity contribution in [1.82, 2.24) is 10.6 Å². The fraction of sp³-hybridized carbons (Fsp3) is 0.867. The van der Waals surface area contributed by atoms with E-state index in [9.17, 15) is 9.59 Å². The summed E-state index contributed by atoms with van der Waals surface area (Å²) in [5, 5.41) is 14.4. The van der Waals surface area contributed by atoms with Gasteiger partial charge in [0.25, 0.3) is 0 Å². The lowest BCUT2D eigenvalue weighted by Gasteiger charge is -2.25. The van der Waals surface area contributed by atoms with Crippen LogP contribution in [0.15, 0.2) is 0 Å². The predicted molar refractivity (Wildman–Crippen MR) is 88.9 cm³/mol. The highest BCUT2D eigenvalue weighted by Gasteiger charge is 2.22. The van der Waals surface area contributed by atoms with Gasteiger partial charge in [-0.1, -0.05) is 40.0 Å². The van der Waals surface area contributed by atoms with Gasteiger partial charge in [0.1, 0.15) is 6.04 Å². The number of hydrogen-bond donors (Lipinski definition) is 3. The fourth-order valence-electron chi connectivity index (χ4n) is 1.96. The van der Waals surface area contributed by atoms with Crippen molar-refractivity contribution in [3.63, 3.8) is 0 Å². The molecule has 0 aromatic rings. The van der Waals surface area contributed by atoms with Crippen LogP contribution in [-0.2, 0) is 4.79 Å². The molecule has 124 valence electrons. The molecule has 6 heteroatoms. The largest absolute Gasteiger partial charge is 0.480 e. The van der Waals surface area contributed by atoms with Crippen LogP contribution in [0.1, 0.15) is 52.9 Å². The molecule has 3 N–H and O–H groups in total. The molecule has 5 nitrogen and oxygen atoms in total. The molecule has 0 heterocycles. The van der Waals surface area contributed by atoms with Gasteiger partial charge in [-0.2, -0.15) is 11.8 Å². The summed E-state index contributed by atoms with van der Waals surface area (Å²) in [6, 6.07) is -1.22. The minimum Gasteiger partial charge on any atom is -0.480 e. The minimum absolute atomic E-state index is 0.0322. The summed E-state index contributed by atoms with van der Waals surface area (Å²) >= 11 is 1.57. The van der Waals surface area contributed by atoms with Crippen LogP contribution in [0, 0.1) is 5.41 Å². The molecule has 0 radical (unpaired) electrons. The van der Waals surface area contributed by atoms with E-state index in [-0.39, 0.29) is 5.41 Å². The fourth-order valence-corrected chi connectivity index (χ4v) is 2.44. The molecule has 0 aromatic carbocycles. The van der Waals surface area contributed by atoms with E-state index in [0.717, 1.165) is 12.8 Å². The monoisotopic (exact) mass is 318 g/mol. The van der Waals surface area contributed by atoms with Crippen LogP contribution in [0.2, 0.25) is 0 Å². The number of carbonyl (C=O) groups excluding carboxylic acids is 1. The second-order valence-corrected chi connectivity index (χ2v) is 7.11. The van der Waals surface area contributed by atoms with Crippen LogP contribution in [0.5, 0.6) is 0 Å². The van der Waals surface area contributed by atoms with E-state index >= 15 is 0 Å². The Bertz CT molecular complexity index is 322. The summed E-state index contributed by atoms with van der Waals surface area (Å²) in [6.07, 6.45) is 6.93. The van der Waals surface area contributed by atoms with Crippen molar-refractivity contribution in [3.05, 3.63) is 0 Å². The third kappa shape index (κ3) is 10.5. The molecule has 0 rings (SSSR count). The van der Waals surface area contributed by atoms with Gasteiger partial charge in [0.2, 0.25) is 0 Å². The van der Waals surface area contributed by atoms with Crippen LogP contribution in [0.25, 0.3) is 0 Å². The van der Waals surface area contributed by atoms with Crippen molar-refractivity contribution in [3.8, 4) is 0 Å². The average molecular weight is 318 g/mol.